The number of rotatable bonds is 13. The van der Waals surface area contributed by atoms with Crippen molar-refractivity contribution >= 4 is 46.5 Å². The summed E-state index contributed by atoms with van der Waals surface area (Å²) < 4.78 is 11.4. The molecule has 0 saturated heterocycles. The molecule has 2 amide bonds. The maximum atomic E-state index is 13.2. The van der Waals surface area contributed by atoms with E-state index >= 15 is 0 Å². The SMILES string of the molecule is COc1ccccc1C(=O)NCC1(c2ccsc2)CCC(OC(=O)NCCC[P+](c2ccccc2)(c2ccccc2)c2ccccc2)CC1.[I-]. The molecule has 0 radical (unpaired) electrons. The molecule has 50 heavy (non-hydrogen) atoms. The summed E-state index contributed by atoms with van der Waals surface area (Å²) in [6, 6.07) is 41.9. The number of methoxy groups -OCH3 is 1. The van der Waals surface area contributed by atoms with E-state index in [0.717, 1.165) is 38.3 Å². The van der Waals surface area contributed by atoms with Gasteiger partial charge in [0.05, 0.1) is 18.8 Å². The van der Waals surface area contributed by atoms with Gasteiger partial charge in [-0.1, -0.05) is 66.7 Å². The van der Waals surface area contributed by atoms with Crippen LogP contribution in [0.2, 0.25) is 0 Å². The zero-order valence-electron chi connectivity index (χ0n) is 28.3. The molecule has 0 aliphatic heterocycles. The van der Waals surface area contributed by atoms with Crippen LogP contribution in [-0.2, 0) is 10.2 Å². The summed E-state index contributed by atoms with van der Waals surface area (Å²) in [7, 11) is -0.379. The predicted molar refractivity (Wildman–Crippen MR) is 203 cm³/mol. The van der Waals surface area contributed by atoms with E-state index in [1.54, 1.807) is 30.6 Å². The lowest BCUT2D eigenvalue weighted by atomic mass is 9.69. The van der Waals surface area contributed by atoms with Crippen molar-refractivity contribution in [3.8, 4) is 5.75 Å². The molecular formula is C41H44IN2O4PS. The summed E-state index contributed by atoms with van der Waals surface area (Å²) in [6.45, 7) is 1.04. The van der Waals surface area contributed by atoms with Gasteiger partial charge in [-0.25, -0.2) is 4.79 Å². The molecule has 1 aromatic heterocycles. The molecule has 1 heterocycles. The van der Waals surface area contributed by atoms with Gasteiger partial charge in [-0.3, -0.25) is 4.79 Å². The number of carbonyl (C=O) groups excluding carboxylic acids is 2. The maximum absolute atomic E-state index is 13.2. The van der Waals surface area contributed by atoms with Crippen LogP contribution in [0.15, 0.2) is 132 Å². The Hall–Kier alpha value is -3.72. The van der Waals surface area contributed by atoms with Gasteiger partial charge >= 0.3 is 6.09 Å². The topological polar surface area (TPSA) is 76.7 Å². The molecule has 0 bridgehead atoms. The first-order valence-electron chi connectivity index (χ1n) is 17.0. The van der Waals surface area contributed by atoms with Gasteiger partial charge in [0.15, 0.2) is 0 Å². The first-order valence-corrected chi connectivity index (χ1v) is 19.9. The third kappa shape index (κ3) is 8.59. The summed E-state index contributed by atoms with van der Waals surface area (Å²) in [5.74, 6) is 0.406. The number of thiophene rings is 1. The number of carbonyl (C=O) groups is 2. The van der Waals surface area contributed by atoms with Crippen molar-refractivity contribution in [1.82, 2.24) is 10.6 Å². The first-order chi connectivity index (χ1) is 24.0. The quantitative estimate of drug-likeness (QED) is 0.105. The molecule has 6 rings (SSSR count). The number of benzene rings is 4. The molecule has 1 saturated carbocycles. The molecule has 1 aliphatic carbocycles. The highest BCUT2D eigenvalue weighted by molar-refractivity contribution is 7.95. The van der Waals surface area contributed by atoms with Crippen molar-refractivity contribution in [2.24, 2.45) is 0 Å². The Bertz CT molecular complexity index is 1690. The first kappa shape index (κ1) is 37.5. The Morgan fingerprint density at radius 3 is 1.88 bits per heavy atom. The Labute approximate surface area is 317 Å². The van der Waals surface area contributed by atoms with Gasteiger partial charge in [0.1, 0.15) is 35.0 Å². The molecule has 1 aliphatic rings. The molecule has 6 nitrogen and oxygen atoms in total. The van der Waals surface area contributed by atoms with Gasteiger partial charge in [-0.05, 0) is 103 Å². The number of nitrogens with one attached hydrogen (secondary N) is 2. The van der Waals surface area contributed by atoms with Crippen LogP contribution < -0.4 is 55.3 Å². The van der Waals surface area contributed by atoms with E-state index in [9.17, 15) is 9.59 Å². The fourth-order valence-electron chi connectivity index (χ4n) is 7.15. The van der Waals surface area contributed by atoms with Crippen molar-refractivity contribution in [2.75, 3.05) is 26.4 Å². The highest BCUT2D eigenvalue weighted by atomic mass is 127. The average molecular weight is 819 g/mol. The second-order valence-electron chi connectivity index (χ2n) is 12.6. The number of hydrogen-bond acceptors (Lipinski definition) is 5. The number of alkyl carbamates (subject to hydrolysis) is 1. The minimum Gasteiger partial charge on any atom is -1.00 e. The molecule has 9 heteroatoms. The van der Waals surface area contributed by atoms with Gasteiger partial charge in [-0.15, -0.1) is 0 Å². The van der Waals surface area contributed by atoms with Crippen LogP contribution in [0.25, 0.3) is 0 Å². The summed E-state index contributed by atoms with van der Waals surface area (Å²) >= 11 is 1.66. The molecule has 0 spiro atoms. The Kier molecular flexibility index (Phi) is 13.5. The number of halogens is 1. The smallest absolute Gasteiger partial charge is 0.407 e. The van der Waals surface area contributed by atoms with E-state index in [1.165, 1.54) is 21.5 Å². The zero-order valence-corrected chi connectivity index (χ0v) is 32.2. The molecule has 260 valence electrons. The second-order valence-corrected chi connectivity index (χ2v) is 17.0. The number of ether oxygens (including phenoxy) is 2. The standard InChI is InChI=1S/C41H43N2O4PS.HI/c1-46-38-21-12-11-20-37(38)39(44)43-31-41(32-24-29-49-30-32)25-22-33(23-26-41)47-40(45)42-27-13-28-48(34-14-5-2-6-15-34,35-16-7-3-8-17-35)36-18-9-4-10-19-36;/h2-12,14-21,24,29-30,33H,13,22-23,25-28,31H2,1H3,(H-,42,43,44,45);1H. The lowest BCUT2D eigenvalue weighted by Gasteiger charge is -2.40. The van der Waals surface area contributed by atoms with Gasteiger partial charge < -0.3 is 44.1 Å². The van der Waals surface area contributed by atoms with Crippen LogP contribution in [0.3, 0.4) is 0 Å². The van der Waals surface area contributed by atoms with Crippen LogP contribution in [0.1, 0.15) is 48.0 Å². The Morgan fingerprint density at radius 2 is 1.34 bits per heavy atom. The predicted octanol–water partition coefficient (Wildman–Crippen LogP) is 4.48. The lowest BCUT2D eigenvalue weighted by molar-refractivity contribution is -0.0000302. The van der Waals surface area contributed by atoms with Gasteiger partial charge in [0.25, 0.3) is 5.91 Å². The van der Waals surface area contributed by atoms with Crippen molar-refractivity contribution in [2.45, 2.75) is 43.6 Å². The largest absolute Gasteiger partial charge is 1.00 e. The minimum absolute atomic E-state index is 0. The highest BCUT2D eigenvalue weighted by Crippen LogP contribution is 2.55. The van der Waals surface area contributed by atoms with Crippen LogP contribution in [0, 0.1) is 0 Å². The van der Waals surface area contributed by atoms with Crippen LogP contribution in [-0.4, -0.2) is 44.5 Å². The van der Waals surface area contributed by atoms with Gasteiger partial charge in [0.2, 0.25) is 0 Å². The van der Waals surface area contributed by atoms with Crippen LogP contribution in [0.5, 0.6) is 5.75 Å². The lowest BCUT2D eigenvalue weighted by Crippen LogP contribution is -3.00. The number of amides is 2. The third-order valence-corrected chi connectivity index (χ3v) is 15.0. The van der Waals surface area contributed by atoms with E-state index in [0.29, 0.717) is 24.4 Å². The van der Waals surface area contributed by atoms with E-state index in [4.69, 9.17) is 9.47 Å². The zero-order chi connectivity index (χ0) is 33.9. The van der Waals surface area contributed by atoms with Gasteiger partial charge in [0, 0.05) is 18.5 Å². The fraction of sp³-hybridized carbons (Fsp3) is 0.268. The van der Waals surface area contributed by atoms with Crippen molar-refractivity contribution in [3.05, 3.63) is 143 Å². The van der Waals surface area contributed by atoms with E-state index in [2.05, 4.69) is 118 Å². The molecule has 5 aromatic rings. The highest BCUT2D eigenvalue weighted by Gasteiger charge is 2.44. The van der Waals surface area contributed by atoms with E-state index < -0.39 is 7.26 Å². The summed E-state index contributed by atoms with van der Waals surface area (Å²) in [6.07, 6.45) is 4.31. The fourth-order valence-corrected chi connectivity index (χ4v) is 12.3. The van der Waals surface area contributed by atoms with Crippen molar-refractivity contribution in [3.63, 3.8) is 0 Å². The average Bonchev–Trinajstić information content (AvgIpc) is 3.72. The normalized spacial score (nSPS) is 17.2. The second kappa shape index (κ2) is 18.0. The third-order valence-electron chi connectivity index (χ3n) is 9.77. The van der Waals surface area contributed by atoms with Crippen molar-refractivity contribution < 1.29 is 43.0 Å². The van der Waals surface area contributed by atoms with Crippen LogP contribution >= 0.6 is 18.6 Å². The monoisotopic (exact) mass is 818 g/mol. The molecular weight excluding hydrogens is 774 g/mol. The molecule has 4 aromatic carbocycles. The van der Waals surface area contributed by atoms with Gasteiger partial charge in [-0.2, -0.15) is 11.3 Å². The Balaban J connectivity index is 0.00000486. The van der Waals surface area contributed by atoms with Crippen LogP contribution in [0.4, 0.5) is 4.79 Å². The molecule has 0 unspecified atom stereocenters. The summed E-state index contributed by atoms with van der Waals surface area (Å²) in [4.78, 5) is 26.2. The Morgan fingerprint density at radius 1 is 0.780 bits per heavy atom. The summed E-state index contributed by atoms with van der Waals surface area (Å²) in [5, 5.41) is 14.5. The summed E-state index contributed by atoms with van der Waals surface area (Å²) in [5.41, 5.74) is 1.53. The van der Waals surface area contributed by atoms with Crippen molar-refractivity contribution in [1.29, 1.82) is 0 Å². The minimum atomic E-state index is -1.95. The molecule has 1 fully saturated rings. The molecule has 2 N–H and O–H groups in total. The van der Waals surface area contributed by atoms with E-state index in [-0.39, 0.29) is 47.5 Å². The maximum Gasteiger partial charge on any atom is 0.407 e. The number of para-hydroxylation sites is 1. The molecule has 0 atom stereocenters. The van der Waals surface area contributed by atoms with E-state index in [1.807, 2.05) is 12.1 Å². The number of hydrogen-bond donors (Lipinski definition) is 2.